The van der Waals surface area contributed by atoms with Crippen molar-refractivity contribution < 1.29 is 4.79 Å². The van der Waals surface area contributed by atoms with Crippen molar-refractivity contribution in [3.8, 4) is 11.4 Å². The van der Waals surface area contributed by atoms with Crippen molar-refractivity contribution in [3.05, 3.63) is 64.7 Å². The Kier molecular flexibility index (Phi) is 5.25. The van der Waals surface area contributed by atoms with Crippen molar-refractivity contribution in [2.75, 3.05) is 0 Å². The highest BCUT2D eigenvalue weighted by Gasteiger charge is 2.20. The van der Waals surface area contributed by atoms with Crippen molar-refractivity contribution in [1.82, 2.24) is 14.8 Å². The number of aryl methyl sites for hydroxylation is 1. The molecule has 0 aliphatic heterocycles. The normalized spacial score (nSPS) is 12.2. The lowest BCUT2D eigenvalue weighted by Crippen LogP contribution is -2.14. The predicted octanol–water partition coefficient (Wildman–Crippen LogP) is 4.81. The van der Waals surface area contributed by atoms with Crippen LogP contribution in [0.3, 0.4) is 0 Å². The first kappa shape index (κ1) is 17.7. The molecule has 1 atom stereocenters. The summed E-state index contributed by atoms with van der Waals surface area (Å²) in [7, 11) is 1.90. The Hall–Kier alpha value is -2.11. The molecule has 0 bridgehead atoms. The topological polar surface area (TPSA) is 47.8 Å². The van der Waals surface area contributed by atoms with Gasteiger partial charge in [-0.15, -0.1) is 10.2 Å². The number of ketones is 1. The maximum Gasteiger partial charge on any atom is 0.191 e. The van der Waals surface area contributed by atoms with E-state index >= 15 is 0 Å². The number of Topliss-reactive ketones (excluding diaryl/α,β-unsaturated/α-hetero) is 1. The molecular weight excluding hydrogens is 354 g/mol. The van der Waals surface area contributed by atoms with E-state index in [0.717, 1.165) is 17.0 Å². The SMILES string of the molecule is Cc1ccc(C(=O)[C@@H](C)Sc2nnc(-c3ccc(Cl)cc3)n2C)cc1. The highest BCUT2D eigenvalue weighted by molar-refractivity contribution is 8.00. The number of rotatable bonds is 5. The Labute approximate surface area is 156 Å². The summed E-state index contributed by atoms with van der Waals surface area (Å²) in [4.78, 5) is 12.6. The van der Waals surface area contributed by atoms with Crippen LogP contribution in [0.2, 0.25) is 5.02 Å². The summed E-state index contributed by atoms with van der Waals surface area (Å²) < 4.78 is 1.90. The molecule has 4 nitrogen and oxygen atoms in total. The van der Waals surface area contributed by atoms with Gasteiger partial charge in [0.05, 0.1) is 5.25 Å². The summed E-state index contributed by atoms with van der Waals surface area (Å²) in [6.07, 6.45) is 0. The van der Waals surface area contributed by atoms with Gasteiger partial charge >= 0.3 is 0 Å². The van der Waals surface area contributed by atoms with E-state index < -0.39 is 0 Å². The number of carbonyl (C=O) groups excluding carboxylic acids is 1. The first-order valence-electron chi connectivity index (χ1n) is 7.88. The van der Waals surface area contributed by atoms with Gasteiger partial charge < -0.3 is 4.57 Å². The first-order valence-corrected chi connectivity index (χ1v) is 9.14. The summed E-state index contributed by atoms with van der Waals surface area (Å²) in [6, 6.07) is 15.1. The summed E-state index contributed by atoms with van der Waals surface area (Å²) in [6.45, 7) is 3.90. The van der Waals surface area contributed by atoms with Crippen LogP contribution >= 0.6 is 23.4 Å². The molecule has 1 heterocycles. The molecule has 0 saturated carbocycles. The number of benzene rings is 2. The maximum atomic E-state index is 12.6. The molecule has 3 aromatic rings. The quantitative estimate of drug-likeness (QED) is 0.477. The number of aromatic nitrogens is 3. The van der Waals surface area contributed by atoms with Gasteiger partial charge in [0.15, 0.2) is 16.8 Å². The van der Waals surface area contributed by atoms with Crippen LogP contribution < -0.4 is 0 Å². The van der Waals surface area contributed by atoms with Gasteiger partial charge in [0, 0.05) is 23.2 Å². The zero-order chi connectivity index (χ0) is 18.0. The van der Waals surface area contributed by atoms with Gasteiger partial charge in [-0.3, -0.25) is 4.79 Å². The van der Waals surface area contributed by atoms with Gasteiger partial charge in [0.2, 0.25) is 0 Å². The third-order valence-electron chi connectivity index (χ3n) is 3.92. The van der Waals surface area contributed by atoms with Crippen LogP contribution in [0.15, 0.2) is 53.7 Å². The minimum atomic E-state index is -0.247. The standard InChI is InChI=1S/C19H18ClN3OS/c1-12-4-6-14(7-5-12)17(24)13(2)25-19-22-21-18(23(19)3)15-8-10-16(20)11-9-15/h4-11,13H,1-3H3/t13-/m1/s1. The Morgan fingerprint density at radius 2 is 1.72 bits per heavy atom. The van der Waals surface area contributed by atoms with Crippen LogP contribution in [0.1, 0.15) is 22.8 Å². The summed E-state index contributed by atoms with van der Waals surface area (Å²) >= 11 is 7.34. The highest BCUT2D eigenvalue weighted by atomic mass is 35.5. The Balaban J connectivity index is 1.78. The number of thioether (sulfide) groups is 1. The Morgan fingerprint density at radius 1 is 1.08 bits per heavy atom. The van der Waals surface area contributed by atoms with E-state index in [9.17, 15) is 4.79 Å². The third kappa shape index (κ3) is 3.94. The van der Waals surface area contributed by atoms with Crippen LogP contribution in [0.4, 0.5) is 0 Å². The molecule has 0 aliphatic carbocycles. The van der Waals surface area contributed by atoms with Gasteiger partial charge in [-0.1, -0.05) is 53.2 Å². The fraction of sp³-hybridized carbons (Fsp3) is 0.211. The summed E-state index contributed by atoms with van der Waals surface area (Å²) in [5, 5.41) is 9.62. The van der Waals surface area contributed by atoms with Crippen molar-refractivity contribution in [2.24, 2.45) is 7.05 Å². The second-order valence-corrected chi connectivity index (χ2v) is 7.61. The average molecular weight is 372 g/mol. The Morgan fingerprint density at radius 3 is 2.36 bits per heavy atom. The van der Waals surface area contributed by atoms with E-state index in [4.69, 9.17) is 11.6 Å². The number of carbonyl (C=O) groups is 1. The third-order valence-corrected chi connectivity index (χ3v) is 5.31. The fourth-order valence-corrected chi connectivity index (χ4v) is 3.45. The second-order valence-electron chi connectivity index (χ2n) is 5.86. The average Bonchev–Trinajstić information content (AvgIpc) is 2.96. The molecular formula is C19H18ClN3OS. The lowest BCUT2D eigenvalue weighted by molar-refractivity contribution is 0.0994. The van der Waals surface area contributed by atoms with Gasteiger partial charge in [0.1, 0.15) is 0 Å². The van der Waals surface area contributed by atoms with Crippen LogP contribution in [-0.2, 0) is 7.05 Å². The van der Waals surface area contributed by atoms with E-state index in [1.54, 1.807) is 0 Å². The van der Waals surface area contributed by atoms with Gasteiger partial charge in [-0.05, 0) is 38.1 Å². The van der Waals surface area contributed by atoms with E-state index in [2.05, 4.69) is 10.2 Å². The molecule has 0 amide bonds. The van der Waals surface area contributed by atoms with Gasteiger partial charge in [-0.25, -0.2) is 0 Å². The second kappa shape index (κ2) is 7.42. The van der Waals surface area contributed by atoms with Gasteiger partial charge in [0.25, 0.3) is 0 Å². The first-order chi connectivity index (χ1) is 12.0. The fourth-order valence-electron chi connectivity index (χ4n) is 2.43. The van der Waals surface area contributed by atoms with Crippen LogP contribution in [0.25, 0.3) is 11.4 Å². The predicted molar refractivity (Wildman–Crippen MR) is 102 cm³/mol. The molecule has 0 aliphatic rings. The van der Waals surface area contributed by atoms with Crippen molar-refractivity contribution >= 4 is 29.1 Å². The largest absolute Gasteiger partial charge is 0.305 e. The number of hydrogen-bond donors (Lipinski definition) is 0. The smallest absolute Gasteiger partial charge is 0.191 e. The summed E-state index contributed by atoms with van der Waals surface area (Å²) in [5.41, 5.74) is 2.78. The van der Waals surface area contributed by atoms with E-state index in [1.807, 2.05) is 74.0 Å². The zero-order valence-corrected chi connectivity index (χ0v) is 15.8. The van der Waals surface area contributed by atoms with Crippen molar-refractivity contribution in [3.63, 3.8) is 0 Å². The number of nitrogens with zero attached hydrogens (tertiary/aromatic N) is 3. The van der Waals surface area contributed by atoms with Crippen LogP contribution in [-0.4, -0.2) is 25.8 Å². The molecule has 0 N–H and O–H groups in total. The molecule has 128 valence electrons. The zero-order valence-electron chi connectivity index (χ0n) is 14.2. The minimum Gasteiger partial charge on any atom is -0.305 e. The van der Waals surface area contributed by atoms with Gasteiger partial charge in [-0.2, -0.15) is 0 Å². The van der Waals surface area contributed by atoms with Crippen molar-refractivity contribution in [2.45, 2.75) is 24.3 Å². The highest BCUT2D eigenvalue weighted by Crippen LogP contribution is 2.27. The molecule has 0 unspecified atom stereocenters. The van der Waals surface area contributed by atoms with Crippen molar-refractivity contribution in [1.29, 1.82) is 0 Å². The molecule has 0 spiro atoms. The molecule has 0 radical (unpaired) electrons. The Bertz CT molecular complexity index is 888. The lowest BCUT2D eigenvalue weighted by Gasteiger charge is -2.10. The van der Waals surface area contributed by atoms with Crippen LogP contribution in [0, 0.1) is 6.92 Å². The molecule has 0 saturated heterocycles. The van der Waals surface area contributed by atoms with Crippen LogP contribution in [0.5, 0.6) is 0 Å². The molecule has 2 aromatic carbocycles. The summed E-state index contributed by atoms with van der Waals surface area (Å²) in [5.74, 6) is 0.829. The minimum absolute atomic E-state index is 0.0843. The van der Waals surface area contributed by atoms with E-state index in [-0.39, 0.29) is 11.0 Å². The number of halogens is 1. The lowest BCUT2D eigenvalue weighted by atomic mass is 10.1. The van der Waals surface area contributed by atoms with E-state index in [0.29, 0.717) is 15.7 Å². The number of hydrogen-bond acceptors (Lipinski definition) is 4. The molecule has 3 rings (SSSR count). The monoisotopic (exact) mass is 371 g/mol. The van der Waals surface area contributed by atoms with E-state index in [1.165, 1.54) is 11.8 Å². The maximum absolute atomic E-state index is 12.6. The molecule has 25 heavy (non-hydrogen) atoms. The molecule has 0 fully saturated rings. The molecule has 6 heteroatoms. The molecule has 1 aromatic heterocycles.